The molecule has 0 saturated carbocycles. The topological polar surface area (TPSA) is 39.2 Å². The SMILES string of the molecule is CCOCC(=O)c1ncccc1F. The first-order chi connectivity index (χ1) is 6.25. The monoisotopic (exact) mass is 183 g/mol. The van der Waals surface area contributed by atoms with Crippen LogP contribution in [0.2, 0.25) is 0 Å². The number of carbonyl (C=O) groups excluding carboxylic acids is 1. The van der Waals surface area contributed by atoms with Crippen molar-refractivity contribution in [3.63, 3.8) is 0 Å². The maximum Gasteiger partial charge on any atom is 0.209 e. The highest BCUT2D eigenvalue weighted by molar-refractivity contribution is 5.95. The van der Waals surface area contributed by atoms with Gasteiger partial charge in [0, 0.05) is 12.8 Å². The number of ether oxygens (including phenoxy) is 1. The van der Waals surface area contributed by atoms with Gasteiger partial charge in [0.05, 0.1) is 0 Å². The Hall–Kier alpha value is -1.29. The molecular formula is C9H10FNO2. The third kappa shape index (κ3) is 2.59. The number of hydrogen-bond donors (Lipinski definition) is 0. The fraction of sp³-hybridized carbons (Fsp3) is 0.333. The number of Topliss-reactive ketones (excluding diaryl/α,β-unsaturated/α-hetero) is 1. The molecule has 0 aromatic carbocycles. The van der Waals surface area contributed by atoms with E-state index in [1.807, 2.05) is 0 Å². The van der Waals surface area contributed by atoms with Crippen molar-refractivity contribution >= 4 is 5.78 Å². The van der Waals surface area contributed by atoms with Crippen LogP contribution >= 0.6 is 0 Å². The number of carbonyl (C=O) groups is 1. The minimum atomic E-state index is -0.604. The molecule has 1 heterocycles. The number of ketones is 1. The summed E-state index contributed by atoms with van der Waals surface area (Å²) in [6.07, 6.45) is 1.38. The number of nitrogens with zero attached hydrogens (tertiary/aromatic N) is 1. The molecule has 1 aromatic heterocycles. The van der Waals surface area contributed by atoms with Crippen LogP contribution in [0.3, 0.4) is 0 Å². The number of rotatable bonds is 4. The molecule has 0 aliphatic rings. The molecule has 70 valence electrons. The zero-order valence-corrected chi connectivity index (χ0v) is 7.29. The standard InChI is InChI=1S/C9H10FNO2/c1-2-13-6-8(12)9-7(10)4-3-5-11-9/h3-5H,2,6H2,1H3. The molecule has 0 aliphatic carbocycles. The number of aromatic nitrogens is 1. The quantitative estimate of drug-likeness (QED) is 0.663. The van der Waals surface area contributed by atoms with Gasteiger partial charge >= 0.3 is 0 Å². The van der Waals surface area contributed by atoms with E-state index in [-0.39, 0.29) is 12.3 Å². The average molecular weight is 183 g/mol. The summed E-state index contributed by atoms with van der Waals surface area (Å²) in [6.45, 7) is 2.08. The Bertz CT molecular complexity index is 301. The number of hydrogen-bond acceptors (Lipinski definition) is 3. The highest BCUT2D eigenvalue weighted by atomic mass is 19.1. The fourth-order valence-electron chi connectivity index (χ4n) is 0.854. The summed E-state index contributed by atoms with van der Waals surface area (Å²) in [5.41, 5.74) is -0.157. The highest BCUT2D eigenvalue weighted by Crippen LogP contribution is 2.03. The van der Waals surface area contributed by atoms with E-state index >= 15 is 0 Å². The van der Waals surface area contributed by atoms with Crippen molar-refractivity contribution in [2.75, 3.05) is 13.2 Å². The van der Waals surface area contributed by atoms with Gasteiger partial charge in [-0.1, -0.05) is 0 Å². The van der Waals surface area contributed by atoms with E-state index in [0.29, 0.717) is 6.61 Å². The third-order valence-electron chi connectivity index (χ3n) is 1.46. The predicted octanol–water partition coefficient (Wildman–Crippen LogP) is 1.44. The molecule has 0 radical (unpaired) electrons. The van der Waals surface area contributed by atoms with Crippen LogP contribution in [-0.2, 0) is 4.74 Å². The van der Waals surface area contributed by atoms with Crippen LogP contribution in [0.1, 0.15) is 17.4 Å². The molecular weight excluding hydrogens is 173 g/mol. The van der Waals surface area contributed by atoms with E-state index in [1.54, 1.807) is 6.92 Å². The van der Waals surface area contributed by atoms with Crippen LogP contribution in [0, 0.1) is 5.82 Å². The van der Waals surface area contributed by atoms with Gasteiger partial charge in [-0.05, 0) is 19.1 Å². The lowest BCUT2D eigenvalue weighted by atomic mass is 10.2. The molecule has 3 nitrogen and oxygen atoms in total. The van der Waals surface area contributed by atoms with Crippen LogP contribution in [0.15, 0.2) is 18.3 Å². The van der Waals surface area contributed by atoms with Crippen molar-refractivity contribution in [2.24, 2.45) is 0 Å². The Kier molecular flexibility index (Phi) is 3.52. The normalized spacial score (nSPS) is 10.0. The molecule has 0 saturated heterocycles. The van der Waals surface area contributed by atoms with Gasteiger partial charge in [0.2, 0.25) is 5.78 Å². The van der Waals surface area contributed by atoms with Gasteiger partial charge in [0.15, 0.2) is 5.82 Å². The minimum absolute atomic E-state index is 0.121. The second-order valence-corrected chi connectivity index (χ2v) is 2.39. The van der Waals surface area contributed by atoms with Crippen molar-refractivity contribution in [3.05, 3.63) is 29.8 Å². The second kappa shape index (κ2) is 4.67. The molecule has 0 N–H and O–H groups in total. The summed E-state index contributed by atoms with van der Waals surface area (Å²) < 4.78 is 17.8. The Labute approximate surface area is 75.6 Å². The molecule has 0 atom stereocenters. The van der Waals surface area contributed by atoms with Crippen molar-refractivity contribution in [2.45, 2.75) is 6.92 Å². The van der Waals surface area contributed by atoms with Crippen LogP contribution in [0.5, 0.6) is 0 Å². The number of pyridine rings is 1. The Balaban J connectivity index is 2.71. The average Bonchev–Trinajstić information content (AvgIpc) is 2.15. The summed E-state index contributed by atoms with van der Waals surface area (Å²) >= 11 is 0. The Morgan fingerprint density at radius 3 is 3.08 bits per heavy atom. The molecule has 0 amide bonds. The number of halogens is 1. The first-order valence-corrected chi connectivity index (χ1v) is 3.97. The van der Waals surface area contributed by atoms with Gasteiger partial charge in [-0.25, -0.2) is 9.37 Å². The van der Waals surface area contributed by atoms with Gasteiger partial charge in [-0.2, -0.15) is 0 Å². The van der Waals surface area contributed by atoms with Crippen molar-refractivity contribution in [1.82, 2.24) is 4.98 Å². The lowest BCUT2D eigenvalue weighted by Gasteiger charge is -2.00. The fourth-order valence-corrected chi connectivity index (χ4v) is 0.854. The first-order valence-electron chi connectivity index (χ1n) is 3.97. The molecule has 1 aromatic rings. The molecule has 0 bridgehead atoms. The molecule has 13 heavy (non-hydrogen) atoms. The third-order valence-corrected chi connectivity index (χ3v) is 1.46. The van der Waals surface area contributed by atoms with Gasteiger partial charge in [0.25, 0.3) is 0 Å². The van der Waals surface area contributed by atoms with Crippen molar-refractivity contribution < 1.29 is 13.9 Å². The van der Waals surface area contributed by atoms with E-state index in [0.717, 1.165) is 0 Å². The summed E-state index contributed by atoms with van der Waals surface area (Å²) in [5, 5.41) is 0. The van der Waals surface area contributed by atoms with Crippen molar-refractivity contribution in [1.29, 1.82) is 0 Å². The van der Waals surface area contributed by atoms with E-state index < -0.39 is 11.6 Å². The molecule has 1 rings (SSSR count). The van der Waals surface area contributed by atoms with Crippen LogP contribution in [-0.4, -0.2) is 24.0 Å². The molecule has 0 aliphatic heterocycles. The van der Waals surface area contributed by atoms with Gasteiger partial charge in [0.1, 0.15) is 12.3 Å². The van der Waals surface area contributed by atoms with Crippen molar-refractivity contribution in [3.8, 4) is 0 Å². The highest BCUT2D eigenvalue weighted by Gasteiger charge is 2.11. The van der Waals surface area contributed by atoms with Crippen LogP contribution in [0.25, 0.3) is 0 Å². The summed E-state index contributed by atoms with van der Waals surface area (Å²) in [6, 6.07) is 2.64. The second-order valence-electron chi connectivity index (χ2n) is 2.39. The van der Waals surface area contributed by atoms with E-state index in [2.05, 4.69) is 4.98 Å². The summed E-state index contributed by atoms with van der Waals surface area (Å²) in [7, 11) is 0. The largest absolute Gasteiger partial charge is 0.374 e. The molecule has 0 fully saturated rings. The molecule has 4 heteroatoms. The van der Waals surface area contributed by atoms with E-state index in [9.17, 15) is 9.18 Å². The Morgan fingerprint density at radius 1 is 1.69 bits per heavy atom. The Morgan fingerprint density at radius 2 is 2.46 bits per heavy atom. The summed E-state index contributed by atoms with van der Waals surface area (Å²) in [4.78, 5) is 14.8. The minimum Gasteiger partial charge on any atom is -0.374 e. The van der Waals surface area contributed by atoms with Gasteiger partial charge in [-0.15, -0.1) is 0 Å². The first kappa shape index (κ1) is 9.80. The van der Waals surface area contributed by atoms with E-state index in [4.69, 9.17) is 4.74 Å². The zero-order valence-electron chi connectivity index (χ0n) is 7.29. The molecule has 0 spiro atoms. The zero-order chi connectivity index (χ0) is 9.68. The lowest BCUT2D eigenvalue weighted by molar-refractivity contribution is 0.0774. The predicted molar refractivity (Wildman–Crippen MR) is 45.0 cm³/mol. The van der Waals surface area contributed by atoms with Crippen LogP contribution < -0.4 is 0 Å². The smallest absolute Gasteiger partial charge is 0.209 e. The lowest BCUT2D eigenvalue weighted by Crippen LogP contribution is -2.12. The van der Waals surface area contributed by atoms with Crippen LogP contribution in [0.4, 0.5) is 4.39 Å². The maximum absolute atomic E-state index is 12.9. The molecule has 0 unspecified atom stereocenters. The van der Waals surface area contributed by atoms with E-state index in [1.165, 1.54) is 18.3 Å². The maximum atomic E-state index is 12.9. The van der Waals surface area contributed by atoms with Gasteiger partial charge in [-0.3, -0.25) is 4.79 Å². The van der Waals surface area contributed by atoms with Gasteiger partial charge < -0.3 is 4.74 Å². The summed E-state index contributed by atoms with van der Waals surface area (Å²) in [5.74, 6) is -1.04.